The highest BCUT2D eigenvalue weighted by atomic mass is 32.2. The SMILES string of the molecule is CSc1cccc(NC(=O)CCc2cccc3ccccc23)c1. The molecule has 116 valence electrons. The number of benzene rings is 3. The van der Waals surface area contributed by atoms with Crippen LogP contribution in [0.25, 0.3) is 10.8 Å². The highest BCUT2D eigenvalue weighted by Crippen LogP contribution is 2.21. The van der Waals surface area contributed by atoms with E-state index in [1.807, 2.05) is 42.7 Å². The molecule has 0 radical (unpaired) electrons. The first-order valence-corrected chi connectivity index (χ1v) is 8.89. The minimum absolute atomic E-state index is 0.0520. The third-order valence-corrected chi connectivity index (χ3v) is 4.58. The van der Waals surface area contributed by atoms with Crippen molar-refractivity contribution in [1.29, 1.82) is 0 Å². The Balaban J connectivity index is 1.66. The molecule has 0 aliphatic carbocycles. The molecule has 3 aromatic carbocycles. The molecule has 23 heavy (non-hydrogen) atoms. The first-order chi connectivity index (χ1) is 11.3. The lowest BCUT2D eigenvalue weighted by atomic mass is 10.0. The second-order valence-electron chi connectivity index (χ2n) is 5.42. The van der Waals surface area contributed by atoms with Crippen molar-refractivity contribution in [2.45, 2.75) is 17.7 Å². The van der Waals surface area contributed by atoms with E-state index in [1.165, 1.54) is 16.3 Å². The fraction of sp³-hybridized carbons (Fsp3) is 0.150. The summed E-state index contributed by atoms with van der Waals surface area (Å²) in [6.45, 7) is 0. The zero-order valence-corrected chi connectivity index (χ0v) is 13.9. The van der Waals surface area contributed by atoms with Crippen LogP contribution < -0.4 is 5.32 Å². The Morgan fingerprint density at radius 2 is 1.78 bits per heavy atom. The number of hydrogen-bond donors (Lipinski definition) is 1. The summed E-state index contributed by atoms with van der Waals surface area (Å²) in [6.07, 6.45) is 3.26. The lowest BCUT2D eigenvalue weighted by Gasteiger charge is -2.08. The number of amides is 1. The molecule has 0 spiro atoms. The third kappa shape index (κ3) is 3.93. The fourth-order valence-corrected chi connectivity index (χ4v) is 3.14. The second-order valence-corrected chi connectivity index (χ2v) is 6.30. The van der Waals surface area contributed by atoms with Crippen molar-refractivity contribution in [3.05, 3.63) is 72.3 Å². The molecule has 1 N–H and O–H groups in total. The van der Waals surface area contributed by atoms with E-state index in [2.05, 4.69) is 35.6 Å². The molecule has 2 nitrogen and oxygen atoms in total. The van der Waals surface area contributed by atoms with Crippen molar-refractivity contribution in [1.82, 2.24) is 0 Å². The van der Waals surface area contributed by atoms with Gasteiger partial charge in [0.1, 0.15) is 0 Å². The van der Waals surface area contributed by atoms with Gasteiger partial charge in [0.05, 0.1) is 0 Å². The number of carbonyl (C=O) groups is 1. The van der Waals surface area contributed by atoms with Gasteiger partial charge in [0, 0.05) is 17.0 Å². The molecule has 0 aliphatic heterocycles. The van der Waals surface area contributed by atoms with Gasteiger partial charge in [-0.1, -0.05) is 48.5 Å². The summed E-state index contributed by atoms with van der Waals surface area (Å²) in [5.41, 5.74) is 2.08. The smallest absolute Gasteiger partial charge is 0.224 e. The molecule has 3 aromatic rings. The molecule has 1 amide bonds. The molecule has 0 aromatic heterocycles. The van der Waals surface area contributed by atoms with Crippen molar-refractivity contribution in [3.63, 3.8) is 0 Å². The monoisotopic (exact) mass is 321 g/mol. The molecular weight excluding hydrogens is 302 g/mol. The number of rotatable bonds is 5. The molecule has 0 fully saturated rings. The Morgan fingerprint density at radius 3 is 2.65 bits per heavy atom. The summed E-state index contributed by atoms with van der Waals surface area (Å²) in [5.74, 6) is 0.0520. The van der Waals surface area contributed by atoms with E-state index in [4.69, 9.17) is 0 Å². The van der Waals surface area contributed by atoms with Gasteiger partial charge < -0.3 is 5.32 Å². The highest BCUT2D eigenvalue weighted by molar-refractivity contribution is 7.98. The van der Waals surface area contributed by atoms with Crippen molar-refractivity contribution in [3.8, 4) is 0 Å². The predicted octanol–water partition coefficient (Wildman–Crippen LogP) is 5.13. The Morgan fingerprint density at radius 1 is 1.00 bits per heavy atom. The zero-order valence-electron chi connectivity index (χ0n) is 13.1. The topological polar surface area (TPSA) is 29.1 Å². The van der Waals surface area contributed by atoms with Gasteiger partial charge in [0.2, 0.25) is 5.91 Å². The van der Waals surface area contributed by atoms with Gasteiger partial charge in [-0.15, -0.1) is 11.8 Å². The zero-order chi connectivity index (χ0) is 16.1. The minimum Gasteiger partial charge on any atom is -0.326 e. The van der Waals surface area contributed by atoms with Gasteiger partial charge >= 0.3 is 0 Å². The lowest BCUT2D eigenvalue weighted by Crippen LogP contribution is -2.12. The normalized spacial score (nSPS) is 10.7. The summed E-state index contributed by atoms with van der Waals surface area (Å²) in [6, 6.07) is 22.5. The van der Waals surface area contributed by atoms with Crippen LogP contribution in [0.2, 0.25) is 0 Å². The standard InChI is InChI=1S/C20H19NOS/c1-23-18-10-5-9-17(14-18)21-20(22)13-12-16-8-4-7-15-6-2-3-11-19(15)16/h2-11,14H,12-13H2,1H3,(H,21,22). The molecule has 3 rings (SSSR count). The van der Waals surface area contributed by atoms with Crippen LogP contribution in [0.5, 0.6) is 0 Å². The number of fused-ring (bicyclic) bond motifs is 1. The maximum Gasteiger partial charge on any atom is 0.224 e. The quantitative estimate of drug-likeness (QED) is 0.660. The second kappa shape index (κ2) is 7.34. The van der Waals surface area contributed by atoms with Gasteiger partial charge in [0.15, 0.2) is 0 Å². The Kier molecular flexibility index (Phi) is 4.99. The molecule has 3 heteroatoms. The van der Waals surface area contributed by atoms with Crippen molar-refractivity contribution < 1.29 is 4.79 Å². The van der Waals surface area contributed by atoms with E-state index < -0.39 is 0 Å². The number of anilines is 1. The van der Waals surface area contributed by atoms with E-state index in [0.717, 1.165) is 17.0 Å². The number of nitrogens with one attached hydrogen (secondary N) is 1. The minimum atomic E-state index is 0.0520. The number of hydrogen-bond acceptors (Lipinski definition) is 2. The van der Waals surface area contributed by atoms with Gasteiger partial charge in [-0.25, -0.2) is 0 Å². The molecule has 0 atom stereocenters. The summed E-state index contributed by atoms with van der Waals surface area (Å²) in [4.78, 5) is 13.4. The molecule has 0 unspecified atom stereocenters. The molecule has 0 aliphatic rings. The summed E-state index contributed by atoms with van der Waals surface area (Å²) >= 11 is 1.67. The molecular formula is C20H19NOS. The average molecular weight is 321 g/mol. The van der Waals surface area contributed by atoms with Crippen LogP contribution in [-0.2, 0) is 11.2 Å². The number of aryl methyl sites for hydroxylation is 1. The largest absolute Gasteiger partial charge is 0.326 e. The van der Waals surface area contributed by atoms with Crippen molar-refractivity contribution in [2.75, 3.05) is 11.6 Å². The Bertz CT molecular complexity index is 823. The average Bonchev–Trinajstić information content (AvgIpc) is 2.60. The summed E-state index contributed by atoms with van der Waals surface area (Å²) < 4.78 is 0. The van der Waals surface area contributed by atoms with Gasteiger partial charge in [-0.3, -0.25) is 4.79 Å². The third-order valence-electron chi connectivity index (χ3n) is 3.85. The number of carbonyl (C=O) groups excluding carboxylic acids is 1. The first kappa shape index (κ1) is 15.6. The van der Waals surface area contributed by atoms with Crippen molar-refractivity contribution in [2.24, 2.45) is 0 Å². The summed E-state index contributed by atoms with van der Waals surface area (Å²) in [7, 11) is 0. The van der Waals surface area contributed by atoms with Crippen LogP contribution >= 0.6 is 11.8 Å². The van der Waals surface area contributed by atoms with E-state index in [1.54, 1.807) is 11.8 Å². The fourth-order valence-electron chi connectivity index (χ4n) is 2.68. The van der Waals surface area contributed by atoms with E-state index in [-0.39, 0.29) is 5.91 Å². The van der Waals surface area contributed by atoms with Crippen LogP contribution in [-0.4, -0.2) is 12.2 Å². The van der Waals surface area contributed by atoms with E-state index in [9.17, 15) is 4.79 Å². The number of thioether (sulfide) groups is 1. The van der Waals surface area contributed by atoms with Crippen LogP contribution in [0.3, 0.4) is 0 Å². The Hall–Kier alpha value is -2.26. The van der Waals surface area contributed by atoms with E-state index >= 15 is 0 Å². The molecule has 0 heterocycles. The van der Waals surface area contributed by atoms with Crippen LogP contribution in [0, 0.1) is 0 Å². The molecule has 0 bridgehead atoms. The molecule has 0 saturated carbocycles. The lowest BCUT2D eigenvalue weighted by molar-refractivity contribution is -0.116. The van der Waals surface area contributed by atoms with Gasteiger partial charge in [-0.2, -0.15) is 0 Å². The first-order valence-electron chi connectivity index (χ1n) is 7.67. The van der Waals surface area contributed by atoms with Crippen LogP contribution in [0.1, 0.15) is 12.0 Å². The predicted molar refractivity (Wildman–Crippen MR) is 99.1 cm³/mol. The van der Waals surface area contributed by atoms with Crippen LogP contribution in [0.4, 0.5) is 5.69 Å². The maximum absolute atomic E-state index is 12.2. The van der Waals surface area contributed by atoms with Gasteiger partial charge in [0.25, 0.3) is 0 Å². The summed E-state index contributed by atoms with van der Waals surface area (Å²) in [5, 5.41) is 5.43. The Labute approximate surface area is 140 Å². The highest BCUT2D eigenvalue weighted by Gasteiger charge is 2.06. The maximum atomic E-state index is 12.2. The van der Waals surface area contributed by atoms with Gasteiger partial charge in [-0.05, 0) is 47.2 Å². The van der Waals surface area contributed by atoms with E-state index in [0.29, 0.717) is 6.42 Å². The van der Waals surface area contributed by atoms with Crippen LogP contribution in [0.15, 0.2) is 71.6 Å². The molecule has 0 saturated heterocycles. The van der Waals surface area contributed by atoms with Crippen molar-refractivity contribution >= 4 is 34.1 Å².